The predicted molar refractivity (Wildman–Crippen MR) is 76.7 cm³/mol. The van der Waals surface area contributed by atoms with E-state index >= 15 is 0 Å². The maximum absolute atomic E-state index is 12.3. The molecule has 0 aromatic heterocycles. The van der Waals surface area contributed by atoms with Gasteiger partial charge in [-0.3, -0.25) is 0 Å². The molecule has 2 rings (SSSR count). The number of benzene rings is 1. The predicted octanol–water partition coefficient (Wildman–Crippen LogP) is 2.49. The van der Waals surface area contributed by atoms with Gasteiger partial charge < -0.3 is 9.84 Å². The van der Waals surface area contributed by atoms with Crippen LogP contribution in [0, 0.1) is 0 Å². The lowest BCUT2D eigenvalue weighted by Gasteiger charge is -2.11. The molecular formula is C13H15BrO5S. The molecule has 1 aromatic rings. The first-order valence-corrected chi connectivity index (χ1v) is 8.72. The number of ether oxygens (including phenoxy) is 1. The summed E-state index contributed by atoms with van der Waals surface area (Å²) >= 11 is 3.17. The van der Waals surface area contributed by atoms with Gasteiger partial charge in [-0.2, -0.15) is 0 Å². The number of sulfone groups is 1. The van der Waals surface area contributed by atoms with E-state index in [1.165, 1.54) is 18.2 Å². The number of hydrogen-bond acceptors (Lipinski definition) is 4. The molecule has 0 radical (unpaired) electrons. The van der Waals surface area contributed by atoms with Crippen LogP contribution in [0.3, 0.4) is 0 Å². The number of rotatable bonds is 5. The van der Waals surface area contributed by atoms with Crippen molar-refractivity contribution in [1.29, 1.82) is 0 Å². The van der Waals surface area contributed by atoms with Gasteiger partial charge >= 0.3 is 5.97 Å². The Balaban J connectivity index is 2.19. The normalized spacial score (nSPS) is 19.1. The molecule has 20 heavy (non-hydrogen) atoms. The summed E-state index contributed by atoms with van der Waals surface area (Å²) in [5.74, 6) is -1.19. The first-order chi connectivity index (χ1) is 9.40. The number of carboxylic acid groups (broad SMARTS) is 1. The van der Waals surface area contributed by atoms with E-state index in [1.807, 2.05) is 0 Å². The van der Waals surface area contributed by atoms with Crippen molar-refractivity contribution in [2.75, 3.05) is 12.4 Å². The third-order valence-electron chi connectivity index (χ3n) is 3.25. The van der Waals surface area contributed by atoms with Crippen molar-refractivity contribution < 1.29 is 23.1 Å². The fourth-order valence-corrected chi connectivity index (χ4v) is 4.59. The zero-order chi connectivity index (χ0) is 14.8. The number of carboxylic acids is 1. The highest BCUT2D eigenvalue weighted by Gasteiger charge is 2.23. The van der Waals surface area contributed by atoms with Crippen molar-refractivity contribution in [2.24, 2.45) is 0 Å². The van der Waals surface area contributed by atoms with Crippen molar-refractivity contribution in [3.8, 4) is 0 Å². The van der Waals surface area contributed by atoms with Crippen LogP contribution in [-0.4, -0.2) is 38.0 Å². The molecule has 1 atom stereocenters. The average Bonchev–Trinajstić information content (AvgIpc) is 2.89. The van der Waals surface area contributed by atoms with Gasteiger partial charge in [0.1, 0.15) is 0 Å². The van der Waals surface area contributed by atoms with Crippen LogP contribution in [0.2, 0.25) is 0 Å². The summed E-state index contributed by atoms with van der Waals surface area (Å²) in [6, 6.07) is 4.01. The quantitative estimate of drug-likeness (QED) is 0.869. The van der Waals surface area contributed by atoms with Crippen LogP contribution in [0.25, 0.3) is 0 Å². The summed E-state index contributed by atoms with van der Waals surface area (Å²) in [7, 11) is -3.52. The maximum Gasteiger partial charge on any atom is 0.335 e. The largest absolute Gasteiger partial charge is 0.478 e. The Morgan fingerprint density at radius 3 is 2.80 bits per heavy atom. The molecule has 1 aromatic carbocycles. The lowest BCUT2D eigenvalue weighted by molar-refractivity contribution is 0.0696. The molecule has 0 spiro atoms. The molecule has 1 aliphatic rings. The molecular weight excluding hydrogens is 348 g/mol. The maximum atomic E-state index is 12.3. The Hall–Kier alpha value is -0.920. The molecule has 7 heteroatoms. The summed E-state index contributed by atoms with van der Waals surface area (Å²) in [5.41, 5.74) is -0.0381. The fourth-order valence-electron chi connectivity index (χ4n) is 2.14. The lowest BCUT2D eigenvalue weighted by Crippen LogP contribution is -2.15. The lowest BCUT2D eigenvalue weighted by atomic mass is 10.2. The minimum atomic E-state index is -3.52. The summed E-state index contributed by atoms with van der Waals surface area (Å²) in [4.78, 5) is 11.0. The second-order valence-corrected chi connectivity index (χ2v) is 7.62. The van der Waals surface area contributed by atoms with E-state index in [0.717, 1.165) is 12.8 Å². The molecule has 1 saturated heterocycles. The zero-order valence-electron chi connectivity index (χ0n) is 10.7. The van der Waals surface area contributed by atoms with E-state index in [1.54, 1.807) is 0 Å². The highest BCUT2D eigenvalue weighted by atomic mass is 79.9. The zero-order valence-corrected chi connectivity index (χ0v) is 13.1. The van der Waals surface area contributed by atoms with Gasteiger partial charge in [0.25, 0.3) is 0 Å². The van der Waals surface area contributed by atoms with Gasteiger partial charge in [0, 0.05) is 11.1 Å². The first kappa shape index (κ1) is 15.5. The van der Waals surface area contributed by atoms with Gasteiger partial charge in [0.05, 0.1) is 22.3 Å². The van der Waals surface area contributed by atoms with Crippen LogP contribution in [-0.2, 0) is 14.6 Å². The van der Waals surface area contributed by atoms with Crippen LogP contribution in [0.5, 0.6) is 0 Å². The van der Waals surface area contributed by atoms with E-state index in [2.05, 4.69) is 15.9 Å². The Kier molecular flexibility index (Phi) is 4.82. The number of aromatic carboxylic acids is 1. The molecule has 1 N–H and O–H groups in total. The Morgan fingerprint density at radius 2 is 2.20 bits per heavy atom. The van der Waals surface area contributed by atoms with E-state index in [0.29, 0.717) is 17.5 Å². The topological polar surface area (TPSA) is 80.7 Å². The standard InChI is InChI=1S/C13H15BrO5S/c14-11-4-3-9(13(15)16)8-12(11)20(17,18)7-5-10-2-1-6-19-10/h3-4,8,10H,1-2,5-7H2,(H,15,16). The number of carbonyl (C=O) groups is 1. The first-order valence-electron chi connectivity index (χ1n) is 6.27. The monoisotopic (exact) mass is 362 g/mol. The van der Waals surface area contributed by atoms with E-state index in [4.69, 9.17) is 9.84 Å². The molecule has 0 amide bonds. The smallest absolute Gasteiger partial charge is 0.335 e. The molecule has 5 nitrogen and oxygen atoms in total. The third-order valence-corrected chi connectivity index (χ3v) is 5.98. The fraction of sp³-hybridized carbons (Fsp3) is 0.462. The van der Waals surface area contributed by atoms with Gasteiger partial charge in [-0.05, 0) is 53.4 Å². The van der Waals surface area contributed by atoms with E-state index in [9.17, 15) is 13.2 Å². The molecule has 1 heterocycles. The van der Waals surface area contributed by atoms with Crippen molar-refractivity contribution in [2.45, 2.75) is 30.3 Å². The third kappa shape index (κ3) is 3.59. The highest BCUT2D eigenvalue weighted by Crippen LogP contribution is 2.26. The SMILES string of the molecule is O=C(O)c1ccc(Br)c(S(=O)(=O)CCC2CCCO2)c1. The van der Waals surface area contributed by atoms with Crippen molar-refractivity contribution in [1.82, 2.24) is 0 Å². The van der Waals surface area contributed by atoms with E-state index < -0.39 is 15.8 Å². The summed E-state index contributed by atoms with van der Waals surface area (Å²) in [6.07, 6.45) is 2.27. The van der Waals surface area contributed by atoms with Crippen molar-refractivity contribution in [3.63, 3.8) is 0 Å². The minimum absolute atomic E-state index is 0.00814. The number of hydrogen-bond donors (Lipinski definition) is 1. The van der Waals surface area contributed by atoms with Crippen LogP contribution in [0.4, 0.5) is 0 Å². The molecule has 1 fully saturated rings. The van der Waals surface area contributed by atoms with Gasteiger partial charge in [-0.15, -0.1) is 0 Å². The highest BCUT2D eigenvalue weighted by molar-refractivity contribution is 9.10. The number of halogens is 1. The Labute approximate surface area is 126 Å². The van der Waals surface area contributed by atoms with Crippen molar-refractivity contribution in [3.05, 3.63) is 28.2 Å². The van der Waals surface area contributed by atoms with Crippen molar-refractivity contribution >= 4 is 31.7 Å². The Bertz CT molecular complexity index is 605. The van der Waals surface area contributed by atoms with Gasteiger partial charge in [0.2, 0.25) is 0 Å². The van der Waals surface area contributed by atoms with Crippen LogP contribution < -0.4 is 0 Å². The average molecular weight is 363 g/mol. The minimum Gasteiger partial charge on any atom is -0.478 e. The Morgan fingerprint density at radius 1 is 1.45 bits per heavy atom. The van der Waals surface area contributed by atoms with Gasteiger partial charge in [-0.25, -0.2) is 13.2 Å². The van der Waals surface area contributed by atoms with Crippen LogP contribution >= 0.6 is 15.9 Å². The summed E-state index contributed by atoms with van der Waals surface area (Å²) in [6.45, 7) is 0.683. The molecule has 110 valence electrons. The molecule has 0 bridgehead atoms. The summed E-state index contributed by atoms with van der Waals surface area (Å²) in [5, 5.41) is 8.94. The second-order valence-electron chi connectivity index (χ2n) is 4.69. The molecule has 1 unspecified atom stereocenters. The summed E-state index contributed by atoms with van der Waals surface area (Å²) < 4.78 is 30.4. The van der Waals surface area contributed by atoms with Gasteiger partial charge in [-0.1, -0.05) is 0 Å². The molecule has 0 saturated carbocycles. The van der Waals surface area contributed by atoms with E-state index in [-0.39, 0.29) is 22.3 Å². The molecule has 1 aliphatic heterocycles. The second kappa shape index (κ2) is 6.24. The molecule has 0 aliphatic carbocycles. The van der Waals surface area contributed by atoms with Gasteiger partial charge in [0.15, 0.2) is 9.84 Å². The van der Waals surface area contributed by atoms with Crippen LogP contribution in [0.15, 0.2) is 27.6 Å². The van der Waals surface area contributed by atoms with Crippen LogP contribution in [0.1, 0.15) is 29.6 Å².